The number of hydrogen-bond donors (Lipinski definition) is 2. The van der Waals surface area contributed by atoms with Crippen LogP contribution < -0.4 is 10.2 Å². The summed E-state index contributed by atoms with van der Waals surface area (Å²) in [5.74, 6) is -3.70. The lowest BCUT2D eigenvalue weighted by atomic mass is 9.74. The van der Waals surface area contributed by atoms with Crippen molar-refractivity contribution in [2.45, 2.75) is 63.0 Å². The topological polar surface area (TPSA) is 125 Å². The van der Waals surface area contributed by atoms with Crippen LogP contribution in [-0.4, -0.2) is 83.3 Å². The molecule has 11 heteroatoms. The predicted molar refractivity (Wildman–Crippen MR) is 146 cm³/mol. The molecular formula is C29H34ClN3O7. The van der Waals surface area contributed by atoms with Crippen LogP contribution in [0.15, 0.2) is 48.6 Å². The molecule has 2 N–H and O–H groups in total. The van der Waals surface area contributed by atoms with Gasteiger partial charge in [-0.3, -0.25) is 19.2 Å². The number of para-hydroxylation sites is 1. The van der Waals surface area contributed by atoms with Crippen molar-refractivity contribution in [1.29, 1.82) is 0 Å². The van der Waals surface area contributed by atoms with Gasteiger partial charge < -0.3 is 29.7 Å². The van der Waals surface area contributed by atoms with Crippen LogP contribution in [0.3, 0.4) is 0 Å². The van der Waals surface area contributed by atoms with E-state index in [9.17, 15) is 24.3 Å². The van der Waals surface area contributed by atoms with E-state index in [0.29, 0.717) is 23.6 Å². The standard InChI is InChI=1S/C29H34ClN3O7/c1-3-18(16-34)33-25-27(37)32(20-10-7-6-9-19(20)30)14-8-4-5-11-22(35)31-15-17(2)39-28(38)23-21-12-13-29(25,40-21)24(23)26(33)36/h4,6-10,12-13,17-18,21,23-25,34H,3,5,11,14-16H2,1-2H3,(H,31,35)/b8-4-/t17-,18-,21+,23-,24-,25+,29-/m0/s1. The first-order valence-electron chi connectivity index (χ1n) is 13.7. The van der Waals surface area contributed by atoms with Crippen molar-refractivity contribution >= 4 is 41.0 Å². The maximum Gasteiger partial charge on any atom is 0.313 e. The number of carbonyl (C=O) groups is 4. The third-order valence-electron chi connectivity index (χ3n) is 8.20. The average molecular weight is 572 g/mol. The van der Waals surface area contributed by atoms with E-state index in [1.807, 2.05) is 13.0 Å². The molecule has 40 heavy (non-hydrogen) atoms. The summed E-state index contributed by atoms with van der Waals surface area (Å²) in [4.78, 5) is 57.4. The Labute approximate surface area is 237 Å². The van der Waals surface area contributed by atoms with Gasteiger partial charge >= 0.3 is 5.97 Å². The minimum atomic E-state index is -1.42. The Morgan fingerprint density at radius 3 is 2.67 bits per heavy atom. The number of nitrogens with one attached hydrogen (secondary N) is 1. The predicted octanol–water partition coefficient (Wildman–Crippen LogP) is 1.99. The number of aliphatic hydroxyl groups is 1. The number of likely N-dealkylation sites (tertiary alicyclic amines) is 1. The molecule has 2 saturated heterocycles. The largest absolute Gasteiger partial charge is 0.460 e. The van der Waals surface area contributed by atoms with Gasteiger partial charge in [0.15, 0.2) is 0 Å². The number of halogens is 1. The second kappa shape index (κ2) is 11.3. The molecule has 2 fully saturated rings. The summed E-state index contributed by atoms with van der Waals surface area (Å²) >= 11 is 6.55. The highest BCUT2D eigenvalue weighted by Crippen LogP contribution is 2.56. The Kier molecular flexibility index (Phi) is 8.03. The molecule has 10 nitrogen and oxygen atoms in total. The molecule has 5 bridgehead atoms. The number of esters is 1. The Balaban J connectivity index is 1.63. The van der Waals surface area contributed by atoms with Crippen LogP contribution in [0.1, 0.15) is 33.1 Å². The smallest absolute Gasteiger partial charge is 0.313 e. The molecule has 1 spiro atoms. The van der Waals surface area contributed by atoms with Gasteiger partial charge in [0, 0.05) is 13.0 Å². The second-order valence-corrected chi connectivity index (χ2v) is 11.1. The normalized spacial score (nSPS) is 34.0. The number of benzene rings is 1. The van der Waals surface area contributed by atoms with Gasteiger partial charge in [0.25, 0.3) is 5.91 Å². The first-order chi connectivity index (χ1) is 19.2. The number of aliphatic hydroxyl groups excluding tert-OH is 1. The molecule has 1 aromatic rings. The number of ether oxygens (including phenoxy) is 2. The number of nitrogens with zero attached hydrogens (tertiary/aromatic N) is 2. The van der Waals surface area contributed by atoms with Gasteiger partial charge in [0.2, 0.25) is 11.8 Å². The molecule has 214 valence electrons. The molecule has 4 heterocycles. The molecular weight excluding hydrogens is 538 g/mol. The van der Waals surface area contributed by atoms with Gasteiger partial charge in [-0.2, -0.15) is 0 Å². The molecule has 1 aromatic carbocycles. The van der Waals surface area contributed by atoms with Crippen molar-refractivity contribution in [2.24, 2.45) is 11.8 Å². The number of cyclic esters (lactones) is 1. The van der Waals surface area contributed by atoms with E-state index in [2.05, 4.69) is 5.32 Å². The summed E-state index contributed by atoms with van der Waals surface area (Å²) in [7, 11) is 0. The Morgan fingerprint density at radius 1 is 1.18 bits per heavy atom. The number of allylic oxidation sites excluding steroid dienone is 1. The second-order valence-electron chi connectivity index (χ2n) is 10.7. The highest BCUT2D eigenvalue weighted by molar-refractivity contribution is 6.34. The lowest BCUT2D eigenvalue weighted by molar-refractivity contribution is -0.159. The highest BCUT2D eigenvalue weighted by atomic mass is 35.5. The number of carbonyl (C=O) groups excluding carboxylic acids is 4. The number of rotatable bonds is 4. The molecule has 0 aromatic heterocycles. The van der Waals surface area contributed by atoms with Crippen molar-refractivity contribution in [1.82, 2.24) is 10.2 Å². The van der Waals surface area contributed by atoms with Crippen LogP contribution in [0, 0.1) is 11.8 Å². The summed E-state index contributed by atoms with van der Waals surface area (Å²) in [6.07, 6.45) is 6.69. The van der Waals surface area contributed by atoms with E-state index in [1.165, 1.54) is 9.80 Å². The number of fused-ring (bicyclic) bond motifs is 2. The van der Waals surface area contributed by atoms with E-state index >= 15 is 0 Å². The Morgan fingerprint density at radius 2 is 1.95 bits per heavy atom. The maximum absolute atomic E-state index is 14.6. The van der Waals surface area contributed by atoms with E-state index in [0.717, 1.165) is 0 Å². The van der Waals surface area contributed by atoms with Gasteiger partial charge in [-0.1, -0.05) is 55.0 Å². The quantitative estimate of drug-likeness (QED) is 0.418. The summed E-state index contributed by atoms with van der Waals surface area (Å²) in [5, 5.41) is 13.4. The first kappa shape index (κ1) is 28.3. The summed E-state index contributed by atoms with van der Waals surface area (Å²) in [6.45, 7) is 3.38. The van der Waals surface area contributed by atoms with E-state index < -0.39 is 59.5 Å². The molecule has 3 amide bonds. The lowest BCUT2D eigenvalue weighted by Gasteiger charge is -2.38. The van der Waals surface area contributed by atoms with Gasteiger partial charge in [0.1, 0.15) is 23.7 Å². The van der Waals surface area contributed by atoms with Crippen LogP contribution in [0.2, 0.25) is 5.02 Å². The summed E-state index contributed by atoms with van der Waals surface area (Å²) < 4.78 is 12.0. The molecule has 4 aliphatic heterocycles. The minimum Gasteiger partial charge on any atom is -0.460 e. The first-order valence-corrected chi connectivity index (χ1v) is 14.1. The third kappa shape index (κ3) is 4.71. The Hall–Kier alpha value is -3.21. The molecule has 5 rings (SSSR count). The number of anilines is 1. The van der Waals surface area contributed by atoms with Crippen LogP contribution in [-0.2, 0) is 28.7 Å². The third-order valence-corrected chi connectivity index (χ3v) is 8.52. The van der Waals surface area contributed by atoms with Crippen molar-refractivity contribution in [3.05, 3.63) is 53.6 Å². The van der Waals surface area contributed by atoms with Crippen molar-refractivity contribution < 1.29 is 33.8 Å². The zero-order chi connectivity index (χ0) is 28.6. The Bertz CT molecular complexity index is 1250. The summed E-state index contributed by atoms with van der Waals surface area (Å²) in [6, 6.07) is 5.09. The zero-order valence-corrected chi connectivity index (χ0v) is 23.3. The molecule has 0 aliphatic carbocycles. The highest BCUT2D eigenvalue weighted by Gasteiger charge is 2.74. The van der Waals surface area contributed by atoms with Crippen LogP contribution in [0.4, 0.5) is 5.69 Å². The van der Waals surface area contributed by atoms with Gasteiger partial charge in [0.05, 0.1) is 41.9 Å². The summed E-state index contributed by atoms with van der Waals surface area (Å²) in [5.41, 5.74) is -0.972. The fraction of sp³-hybridized carbons (Fsp3) is 0.517. The molecule has 7 atom stereocenters. The SMILES string of the molecule is CC[C@@H](CO)N1C(=O)[C@@H]2[C@H]3C(=O)O[C@@H](C)CNC(=O)CC/C=C\CN(c4ccccc4Cl)C(=O)[C@@H]1[C@]21C=C[C@H]3O1. The van der Waals surface area contributed by atoms with Crippen LogP contribution in [0.25, 0.3) is 0 Å². The van der Waals surface area contributed by atoms with Crippen molar-refractivity contribution in [3.63, 3.8) is 0 Å². The molecule has 0 unspecified atom stereocenters. The van der Waals surface area contributed by atoms with Gasteiger partial charge in [-0.25, -0.2) is 0 Å². The fourth-order valence-electron chi connectivity index (χ4n) is 6.27. The molecule has 0 saturated carbocycles. The van der Waals surface area contributed by atoms with Crippen LogP contribution >= 0.6 is 11.6 Å². The monoisotopic (exact) mass is 571 g/mol. The number of amides is 3. The van der Waals surface area contributed by atoms with E-state index in [1.54, 1.807) is 49.4 Å². The average Bonchev–Trinajstić information content (AvgIpc) is 3.58. The fourth-order valence-corrected chi connectivity index (χ4v) is 6.50. The molecule has 0 radical (unpaired) electrons. The van der Waals surface area contributed by atoms with Crippen LogP contribution in [0.5, 0.6) is 0 Å². The lowest BCUT2D eigenvalue weighted by Crippen LogP contribution is -2.58. The van der Waals surface area contributed by atoms with Gasteiger partial charge in [-0.15, -0.1) is 0 Å². The maximum atomic E-state index is 14.6. The van der Waals surface area contributed by atoms with Crippen molar-refractivity contribution in [3.8, 4) is 0 Å². The molecule has 4 aliphatic rings. The minimum absolute atomic E-state index is 0.120. The van der Waals surface area contributed by atoms with E-state index in [-0.39, 0.29) is 32.0 Å². The van der Waals surface area contributed by atoms with Gasteiger partial charge in [-0.05, 0) is 31.9 Å². The van der Waals surface area contributed by atoms with Crippen molar-refractivity contribution in [2.75, 3.05) is 24.6 Å². The zero-order valence-electron chi connectivity index (χ0n) is 22.5. The van der Waals surface area contributed by atoms with E-state index in [4.69, 9.17) is 21.1 Å². The number of hydrogen-bond acceptors (Lipinski definition) is 7.